The van der Waals surface area contributed by atoms with Gasteiger partial charge < -0.3 is 10.5 Å². The minimum atomic E-state index is 0.417. The average Bonchev–Trinajstić information content (AvgIpc) is 2.69. The number of nitrogens with zero attached hydrogens (tertiary/aromatic N) is 1. The molecule has 3 rings (SSSR count). The molecule has 1 heterocycles. The molecule has 1 aliphatic heterocycles. The van der Waals surface area contributed by atoms with Crippen molar-refractivity contribution in [2.45, 2.75) is 31.2 Å². The van der Waals surface area contributed by atoms with Crippen molar-refractivity contribution in [2.24, 2.45) is 10.7 Å². The Labute approximate surface area is 95.3 Å². The second-order valence-electron chi connectivity index (χ2n) is 4.60. The summed E-state index contributed by atoms with van der Waals surface area (Å²) in [7, 11) is 1.71. The topological polar surface area (TPSA) is 47.6 Å². The van der Waals surface area contributed by atoms with Crippen LogP contribution in [0, 0.1) is 0 Å². The highest BCUT2D eigenvalue weighted by atomic mass is 16.5. The van der Waals surface area contributed by atoms with E-state index in [1.807, 2.05) is 6.07 Å². The lowest BCUT2D eigenvalue weighted by molar-refractivity contribution is 0.412. The second kappa shape index (κ2) is 3.51. The zero-order valence-corrected chi connectivity index (χ0v) is 9.44. The standard InChI is InChI=1S/C13H16N2O/c1-16-9-3-4-10-8(6-9)2-5-12-11(10)7-13(14)15-12/h3-4,6,11-12H,2,5,7H2,1H3,(H2,14,15). The highest BCUT2D eigenvalue weighted by molar-refractivity contribution is 5.83. The number of aryl methyl sites for hydroxylation is 1. The molecule has 2 N–H and O–H groups in total. The van der Waals surface area contributed by atoms with Gasteiger partial charge in [-0.2, -0.15) is 0 Å². The van der Waals surface area contributed by atoms with Gasteiger partial charge in [0, 0.05) is 12.3 Å². The molecular weight excluding hydrogens is 200 g/mol. The summed E-state index contributed by atoms with van der Waals surface area (Å²) in [4.78, 5) is 4.52. The second-order valence-corrected chi connectivity index (χ2v) is 4.60. The highest BCUT2D eigenvalue weighted by Crippen LogP contribution is 2.40. The van der Waals surface area contributed by atoms with Crippen molar-refractivity contribution in [1.29, 1.82) is 0 Å². The van der Waals surface area contributed by atoms with E-state index in [4.69, 9.17) is 10.5 Å². The molecule has 2 atom stereocenters. The minimum Gasteiger partial charge on any atom is -0.497 e. The van der Waals surface area contributed by atoms with Gasteiger partial charge in [-0.3, -0.25) is 4.99 Å². The lowest BCUT2D eigenvalue weighted by Crippen LogP contribution is -2.20. The number of nitrogens with two attached hydrogens (primary N) is 1. The first-order valence-electron chi connectivity index (χ1n) is 5.77. The van der Waals surface area contributed by atoms with E-state index in [1.54, 1.807) is 7.11 Å². The molecule has 1 aromatic rings. The van der Waals surface area contributed by atoms with Gasteiger partial charge in [-0.15, -0.1) is 0 Å². The number of hydrogen-bond acceptors (Lipinski definition) is 3. The van der Waals surface area contributed by atoms with E-state index in [0.717, 1.165) is 30.8 Å². The summed E-state index contributed by atoms with van der Waals surface area (Å²) in [5, 5.41) is 0. The van der Waals surface area contributed by atoms with Crippen LogP contribution in [0.3, 0.4) is 0 Å². The largest absolute Gasteiger partial charge is 0.497 e. The van der Waals surface area contributed by atoms with Crippen molar-refractivity contribution in [3.8, 4) is 5.75 Å². The molecule has 0 radical (unpaired) electrons. The fourth-order valence-corrected chi connectivity index (χ4v) is 2.89. The maximum atomic E-state index is 5.83. The first-order chi connectivity index (χ1) is 7.78. The van der Waals surface area contributed by atoms with Crippen molar-refractivity contribution in [2.75, 3.05) is 7.11 Å². The van der Waals surface area contributed by atoms with Crippen molar-refractivity contribution in [1.82, 2.24) is 0 Å². The number of benzene rings is 1. The molecule has 0 saturated heterocycles. The Morgan fingerprint density at radius 1 is 1.44 bits per heavy atom. The third kappa shape index (κ3) is 1.39. The lowest BCUT2D eigenvalue weighted by Gasteiger charge is -2.27. The van der Waals surface area contributed by atoms with Crippen molar-refractivity contribution >= 4 is 5.84 Å². The van der Waals surface area contributed by atoms with Crippen LogP contribution in [0.25, 0.3) is 0 Å². The van der Waals surface area contributed by atoms with E-state index < -0.39 is 0 Å². The number of fused-ring (bicyclic) bond motifs is 3. The minimum absolute atomic E-state index is 0.417. The van der Waals surface area contributed by atoms with Crippen LogP contribution in [0.2, 0.25) is 0 Å². The zero-order valence-electron chi connectivity index (χ0n) is 9.44. The van der Waals surface area contributed by atoms with Crippen LogP contribution in [0.15, 0.2) is 23.2 Å². The fraction of sp³-hybridized carbons (Fsp3) is 0.462. The molecule has 0 fully saturated rings. The Morgan fingerprint density at radius 2 is 2.31 bits per heavy atom. The SMILES string of the molecule is COc1ccc2c(c1)CCC1N=C(N)CC21. The number of methoxy groups -OCH3 is 1. The Hall–Kier alpha value is -1.51. The molecule has 16 heavy (non-hydrogen) atoms. The molecule has 0 amide bonds. The molecule has 3 heteroatoms. The fourth-order valence-electron chi connectivity index (χ4n) is 2.89. The smallest absolute Gasteiger partial charge is 0.119 e. The van der Waals surface area contributed by atoms with Gasteiger partial charge in [0.2, 0.25) is 0 Å². The lowest BCUT2D eigenvalue weighted by atomic mass is 9.79. The molecule has 2 aliphatic rings. The number of aliphatic imine (C=N–C) groups is 1. The number of ether oxygens (including phenoxy) is 1. The van der Waals surface area contributed by atoms with Crippen LogP contribution in [-0.2, 0) is 6.42 Å². The maximum absolute atomic E-state index is 5.83. The molecule has 3 nitrogen and oxygen atoms in total. The Bertz CT molecular complexity index is 453. The monoisotopic (exact) mass is 216 g/mol. The van der Waals surface area contributed by atoms with E-state index in [0.29, 0.717) is 12.0 Å². The zero-order chi connectivity index (χ0) is 11.1. The van der Waals surface area contributed by atoms with Gasteiger partial charge in [0.1, 0.15) is 5.75 Å². The normalized spacial score (nSPS) is 26.9. The van der Waals surface area contributed by atoms with Crippen molar-refractivity contribution < 1.29 is 4.74 Å². The van der Waals surface area contributed by atoms with Crippen molar-refractivity contribution in [3.63, 3.8) is 0 Å². The van der Waals surface area contributed by atoms with Gasteiger partial charge in [0.25, 0.3) is 0 Å². The van der Waals surface area contributed by atoms with Gasteiger partial charge in [-0.1, -0.05) is 6.07 Å². The average molecular weight is 216 g/mol. The number of hydrogen-bond donors (Lipinski definition) is 1. The summed E-state index contributed by atoms with van der Waals surface area (Å²) < 4.78 is 5.26. The third-order valence-corrected chi connectivity index (χ3v) is 3.68. The first kappa shape index (κ1) is 9.70. The predicted octanol–water partition coefficient (Wildman–Crippen LogP) is 1.85. The first-order valence-corrected chi connectivity index (χ1v) is 5.77. The Kier molecular flexibility index (Phi) is 2.13. The van der Waals surface area contributed by atoms with E-state index >= 15 is 0 Å². The summed E-state index contributed by atoms with van der Waals surface area (Å²) in [6.45, 7) is 0. The molecule has 1 aromatic carbocycles. The summed E-state index contributed by atoms with van der Waals surface area (Å²) in [6.07, 6.45) is 3.13. The van der Waals surface area contributed by atoms with Gasteiger partial charge in [0.05, 0.1) is 19.0 Å². The molecule has 0 saturated carbocycles. The Balaban J connectivity index is 1.99. The number of amidine groups is 1. The molecule has 1 aliphatic carbocycles. The van der Waals surface area contributed by atoms with Gasteiger partial charge in [-0.25, -0.2) is 0 Å². The molecular formula is C13H16N2O. The van der Waals surface area contributed by atoms with E-state index in [9.17, 15) is 0 Å². The van der Waals surface area contributed by atoms with Crippen molar-refractivity contribution in [3.05, 3.63) is 29.3 Å². The van der Waals surface area contributed by atoms with E-state index in [-0.39, 0.29) is 0 Å². The molecule has 2 unspecified atom stereocenters. The molecule has 0 aromatic heterocycles. The summed E-state index contributed by atoms with van der Waals surface area (Å²) >= 11 is 0. The van der Waals surface area contributed by atoms with Gasteiger partial charge in [0.15, 0.2) is 0 Å². The van der Waals surface area contributed by atoms with Crippen LogP contribution in [0.4, 0.5) is 0 Å². The third-order valence-electron chi connectivity index (χ3n) is 3.68. The van der Waals surface area contributed by atoms with Crippen LogP contribution in [0.5, 0.6) is 5.75 Å². The summed E-state index contributed by atoms with van der Waals surface area (Å²) in [5.41, 5.74) is 8.66. The van der Waals surface area contributed by atoms with E-state index in [2.05, 4.69) is 17.1 Å². The predicted molar refractivity (Wildman–Crippen MR) is 64.1 cm³/mol. The van der Waals surface area contributed by atoms with Gasteiger partial charge >= 0.3 is 0 Å². The molecule has 84 valence electrons. The summed E-state index contributed by atoms with van der Waals surface area (Å²) in [5.74, 6) is 2.28. The van der Waals surface area contributed by atoms with E-state index in [1.165, 1.54) is 11.1 Å². The number of rotatable bonds is 1. The maximum Gasteiger partial charge on any atom is 0.119 e. The quantitative estimate of drug-likeness (QED) is 0.778. The van der Waals surface area contributed by atoms with Crippen LogP contribution in [0.1, 0.15) is 29.9 Å². The van der Waals surface area contributed by atoms with Gasteiger partial charge in [-0.05, 0) is 36.1 Å². The van der Waals surface area contributed by atoms with Crippen LogP contribution < -0.4 is 10.5 Å². The molecule has 0 spiro atoms. The van der Waals surface area contributed by atoms with Crippen LogP contribution in [-0.4, -0.2) is 19.0 Å². The molecule has 0 bridgehead atoms. The summed E-state index contributed by atoms with van der Waals surface area (Å²) in [6, 6.07) is 6.79. The Morgan fingerprint density at radius 3 is 3.12 bits per heavy atom. The van der Waals surface area contributed by atoms with Crippen LogP contribution >= 0.6 is 0 Å². The highest BCUT2D eigenvalue weighted by Gasteiger charge is 2.34.